The summed E-state index contributed by atoms with van der Waals surface area (Å²) in [7, 11) is 0. The van der Waals surface area contributed by atoms with Crippen molar-refractivity contribution in [1.29, 1.82) is 10.7 Å². The van der Waals surface area contributed by atoms with Gasteiger partial charge in [-0.05, 0) is 12.8 Å². The molecule has 0 unspecified atom stereocenters. The van der Waals surface area contributed by atoms with Crippen LogP contribution in [-0.2, 0) is 4.79 Å². The average molecular weight is 195 g/mol. The van der Waals surface area contributed by atoms with E-state index in [1.54, 1.807) is 6.19 Å². The quantitative estimate of drug-likeness (QED) is 0.183. The lowest BCUT2D eigenvalue weighted by atomic mass is 10.1. The number of nitrogens with one attached hydrogen (secondary N) is 3. The summed E-state index contributed by atoms with van der Waals surface area (Å²) in [4.78, 5) is 9.85. The Labute approximate surface area is 84.0 Å². The van der Waals surface area contributed by atoms with Crippen molar-refractivity contribution in [1.82, 2.24) is 10.6 Å². The summed E-state index contributed by atoms with van der Waals surface area (Å²) >= 11 is 0. The zero-order valence-electron chi connectivity index (χ0n) is 8.10. The predicted molar refractivity (Wildman–Crippen MR) is 53.3 cm³/mol. The van der Waals surface area contributed by atoms with Gasteiger partial charge in [0.15, 0.2) is 12.5 Å². The van der Waals surface area contributed by atoms with E-state index in [1.807, 2.05) is 6.29 Å². The van der Waals surface area contributed by atoms with Crippen molar-refractivity contribution in [3.8, 4) is 6.19 Å². The van der Waals surface area contributed by atoms with Crippen molar-refractivity contribution < 1.29 is 4.79 Å². The summed E-state index contributed by atoms with van der Waals surface area (Å²) in [6.45, 7) is 0.679. The lowest BCUT2D eigenvalue weighted by Gasteiger charge is -2.04. The topological polar surface area (TPSA) is 88.8 Å². The summed E-state index contributed by atoms with van der Waals surface area (Å²) < 4.78 is 0. The molecule has 5 heteroatoms. The molecule has 0 rings (SSSR count). The molecule has 1 radical (unpaired) electrons. The number of rotatable bonds is 7. The van der Waals surface area contributed by atoms with Crippen LogP contribution in [0, 0.1) is 16.9 Å². The first-order valence-electron chi connectivity index (χ1n) is 4.63. The van der Waals surface area contributed by atoms with Crippen LogP contribution in [-0.4, -0.2) is 18.8 Å². The Morgan fingerprint density at radius 1 is 1.29 bits per heavy atom. The summed E-state index contributed by atoms with van der Waals surface area (Å²) in [5, 5.41) is 20.2. The molecule has 0 spiro atoms. The van der Waals surface area contributed by atoms with Crippen molar-refractivity contribution in [2.45, 2.75) is 32.1 Å². The molecule has 0 heterocycles. The molecule has 0 aromatic rings. The second kappa shape index (κ2) is 9.52. The Kier molecular flexibility index (Phi) is 8.45. The Hall–Kier alpha value is -1.57. The molecule has 0 atom stereocenters. The fraction of sp³-hybridized carbons (Fsp3) is 0.667. The minimum Gasteiger partial charge on any atom is -0.356 e. The summed E-state index contributed by atoms with van der Waals surface area (Å²) in [5.41, 5.74) is 0. The van der Waals surface area contributed by atoms with Gasteiger partial charge in [0.2, 0.25) is 5.96 Å². The van der Waals surface area contributed by atoms with Gasteiger partial charge in [0, 0.05) is 13.0 Å². The SMILES string of the molecule is N#CNC(=N)NCCCCCC[C]=O. The van der Waals surface area contributed by atoms with Crippen molar-refractivity contribution in [2.24, 2.45) is 0 Å². The van der Waals surface area contributed by atoms with Crippen molar-refractivity contribution >= 4 is 12.2 Å². The van der Waals surface area contributed by atoms with Gasteiger partial charge >= 0.3 is 0 Å². The fourth-order valence-corrected chi connectivity index (χ4v) is 0.989. The average Bonchev–Trinajstić information content (AvgIpc) is 2.17. The molecular weight excluding hydrogens is 180 g/mol. The number of hydrogen-bond acceptors (Lipinski definition) is 3. The van der Waals surface area contributed by atoms with E-state index >= 15 is 0 Å². The summed E-state index contributed by atoms with van der Waals surface area (Å²) in [6.07, 6.45) is 7.87. The van der Waals surface area contributed by atoms with Gasteiger partial charge in [0.05, 0.1) is 0 Å². The highest BCUT2D eigenvalue weighted by Crippen LogP contribution is 2.00. The normalized spacial score (nSPS) is 8.79. The van der Waals surface area contributed by atoms with Crippen molar-refractivity contribution in [3.05, 3.63) is 0 Å². The van der Waals surface area contributed by atoms with E-state index in [-0.39, 0.29) is 5.96 Å². The number of nitriles is 1. The van der Waals surface area contributed by atoms with Gasteiger partial charge in [0.1, 0.15) is 0 Å². The predicted octanol–water partition coefficient (Wildman–Crippen LogP) is 0.642. The molecule has 0 fully saturated rings. The van der Waals surface area contributed by atoms with Crippen LogP contribution in [0.25, 0.3) is 0 Å². The molecule has 14 heavy (non-hydrogen) atoms. The number of nitrogens with zero attached hydrogens (tertiary/aromatic N) is 1. The molecule has 3 N–H and O–H groups in total. The smallest absolute Gasteiger partial charge is 0.201 e. The van der Waals surface area contributed by atoms with Crippen LogP contribution in [0.1, 0.15) is 32.1 Å². The Morgan fingerprint density at radius 3 is 2.64 bits per heavy atom. The lowest BCUT2D eigenvalue weighted by molar-refractivity contribution is 0.543. The summed E-state index contributed by atoms with van der Waals surface area (Å²) in [5.74, 6) is 0.0359. The van der Waals surface area contributed by atoms with Gasteiger partial charge in [-0.25, -0.2) is 0 Å². The standard InChI is InChI=1S/C9H15N4O/c10-8-13-9(11)12-6-4-2-1-3-5-7-14/h1-6H2,(H3,11,12,13). The maximum absolute atomic E-state index is 9.85. The third-order valence-corrected chi connectivity index (χ3v) is 1.69. The van der Waals surface area contributed by atoms with Crippen LogP contribution in [0.15, 0.2) is 0 Å². The highest BCUT2D eigenvalue weighted by molar-refractivity contribution is 5.77. The molecule has 0 saturated carbocycles. The van der Waals surface area contributed by atoms with E-state index < -0.39 is 0 Å². The molecule has 0 aliphatic carbocycles. The zero-order chi connectivity index (χ0) is 10.6. The molecule has 5 nitrogen and oxygen atoms in total. The highest BCUT2D eigenvalue weighted by atomic mass is 16.1. The number of unbranched alkanes of at least 4 members (excludes halogenated alkanes) is 4. The first-order chi connectivity index (χ1) is 6.81. The van der Waals surface area contributed by atoms with E-state index in [1.165, 1.54) is 0 Å². The van der Waals surface area contributed by atoms with Crippen LogP contribution in [0.5, 0.6) is 0 Å². The molecule has 0 saturated heterocycles. The van der Waals surface area contributed by atoms with E-state index in [0.717, 1.165) is 25.7 Å². The van der Waals surface area contributed by atoms with Gasteiger partial charge < -0.3 is 5.32 Å². The van der Waals surface area contributed by atoms with Crippen LogP contribution in [0.2, 0.25) is 0 Å². The van der Waals surface area contributed by atoms with E-state index in [4.69, 9.17) is 10.7 Å². The van der Waals surface area contributed by atoms with Gasteiger partial charge in [0.25, 0.3) is 0 Å². The summed E-state index contributed by atoms with van der Waals surface area (Å²) in [6, 6.07) is 0. The van der Waals surface area contributed by atoms with Gasteiger partial charge in [-0.1, -0.05) is 12.8 Å². The van der Waals surface area contributed by atoms with Crippen LogP contribution < -0.4 is 10.6 Å². The molecular formula is C9H15N4O. The second-order valence-electron chi connectivity index (χ2n) is 2.85. The first-order valence-corrected chi connectivity index (χ1v) is 4.63. The van der Waals surface area contributed by atoms with Crippen molar-refractivity contribution in [3.63, 3.8) is 0 Å². The molecule has 0 bridgehead atoms. The van der Waals surface area contributed by atoms with Crippen LogP contribution in [0.3, 0.4) is 0 Å². The first kappa shape index (κ1) is 12.4. The number of carbonyl (C=O) groups excluding carboxylic acids is 1. The monoisotopic (exact) mass is 195 g/mol. The molecule has 0 aromatic carbocycles. The maximum Gasteiger partial charge on any atom is 0.201 e. The Balaban J connectivity index is 3.10. The van der Waals surface area contributed by atoms with Crippen molar-refractivity contribution in [2.75, 3.05) is 6.54 Å². The minimum absolute atomic E-state index is 0.0359. The maximum atomic E-state index is 9.85. The number of hydrogen-bond donors (Lipinski definition) is 3. The second-order valence-corrected chi connectivity index (χ2v) is 2.85. The van der Waals surface area contributed by atoms with Gasteiger partial charge in [-0.3, -0.25) is 15.5 Å². The fourth-order valence-electron chi connectivity index (χ4n) is 0.989. The molecule has 0 aliphatic heterocycles. The highest BCUT2D eigenvalue weighted by Gasteiger charge is 1.93. The largest absolute Gasteiger partial charge is 0.356 e. The Morgan fingerprint density at radius 2 is 2.00 bits per heavy atom. The van der Waals surface area contributed by atoms with Gasteiger partial charge in [-0.2, -0.15) is 5.26 Å². The van der Waals surface area contributed by atoms with E-state index in [0.29, 0.717) is 13.0 Å². The molecule has 0 amide bonds. The van der Waals surface area contributed by atoms with Crippen LogP contribution in [0.4, 0.5) is 0 Å². The molecule has 0 aromatic heterocycles. The van der Waals surface area contributed by atoms with E-state index in [2.05, 4.69) is 10.6 Å². The molecule has 0 aliphatic rings. The third-order valence-electron chi connectivity index (χ3n) is 1.69. The lowest BCUT2D eigenvalue weighted by Crippen LogP contribution is -2.33. The molecule has 77 valence electrons. The van der Waals surface area contributed by atoms with Crippen LogP contribution >= 0.6 is 0 Å². The van der Waals surface area contributed by atoms with Gasteiger partial charge in [-0.15, -0.1) is 0 Å². The minimum atomic E-state index is 0.0359. The Bertz CT molecular complexity index is 209. The zero-order valence-corrected chi connectivity index (χ0v) is 8.10. The van der Waals surface area contributed by atoms with E-state index in [9.17, 15) is 4.79 Å². The number of guanidine groups is 1. The third kappa shape index (κ3) is 8.53.